The third kappa shape index (κ3) is 4.51. The Morgan fingerprint density at radius 1 is 1.35 bits per heavy atom. The van der Waals surface area contributed by atoms with E-state index in [0.717, 1.165) is 31.6 Å². The monoisotopic (exact) mass is 293 g/mol. The standard InChI is InChI=1S/C17H27NOS/c1-2-11-18-17(14-19)10-6-9-16(12-17)20-13-15-7-4-3-5-8-15/h3-5,7-8,16,18-19H,2,6,9-14H2,1H3. The summed E-state index contributed by atoms with van der Waals surface area (Å²) in [7, 11) is 0. The van der Waals surface area contributed by atoms with Crippen molar-refractivity contribution in [1.82, 2.24) is 5.32 Å². The highest BCUT2D eigenvalue weighted by Crippen LogP contribution is 2.36. The van der Waals surface area contributed by atoms with Gasteiger partial charge in [-0.2, -0.15) is 11.8 Å². The molecule has 0 heterocycles. The highest BCUT2D eigenvalue weighted by molar-refractivity contribution is 7.99. The summed E-state index contributed by atoms with van der Waals surface area (Å²) in [6, 6.07) is 10.7. The minimum absolute atomic E-state index is 0.0252. The molecule has 3 heteroatoms. The topological polar surface area (TPSA) is 32.3 Å². The molecule has 0 radical (unpaired) electrons. The van der Waals surface area contributed by atoms with Gasteiger partial charge in [-0.3, -0.25) is 0 Å². The van der Waals surface area contributed by atoms with Crippen LogP contribution in [0.25, 0.3) is 0 Å². The molecule has 1 aliphatic rings. The number of thioether (sulfide) groups is 1. The van der Waals surface area contributed by atoms with Crippen molar-refractivity contribution in [3.8, 4) is 0 Å². The second-order valence-corrected chi connectivity index (χ2v) is 7.17. The first-order chi connectivity index (χ1) is 9.78. The molecule has 0 spiro atoms. The third-order valence-corrected chi connectivity index (χ3v) is 5.55. The number of rotatable bonds is 7. The Balaban J connectivity index is 1.86. The molecule has 2 atom stereocenters. The van der Waals surface area contributed by atoms with E-state index in [2.05, 4.69) is 54.3 Å². The van der Waals surface area contributed by atoms with Crippen LogP contribution in [0.4, 0.5) is 0 Å². The van der Waals surface area contributed by atoms with Crippen LogP contribution < -0.4 is 5.32 Å². The van der Waals surface area contributed by atoms with Crippen LogP contribution in [0.2, 0.25) is 0 Å². The van der Waals surface area contributed by atoms with E-state index in [0.29, 0.717) is 5.25 Å². The van der Waals surface area contributed by atoms with Crippen LogP contribution in [-0.4, -0.2) is 29.0 Å². The van der Waals surface area contributed by atoms with E-state index in [1.54, 1.807) is 0 Å². The molecule has 0 aromatic heterocycles. The molecule has 112 valence electrons. The first-order valence-electron chi connectivity index (χ1n) is 7.79. The van der Waals surface area contributed by atoms with Gasteiger partial charge >= 0.3 is 0 Å². The van der Waals surface area contributed by atoms with Gasteiger partial charge < -0.3 is 10.4 Å². The van der Waals surface area contributed by atoms with Crippen LogP contribution in [0, 0.1) is 0 Å². The Labute approximate surface area is 127 Å². The van der Waals surface area contributed by atoms with Crippen LogP contribution in [0.3, 0.4) is 0 Å². The predicted molar refractivity (Wildman–Crippen MR) is 88.1 cm³/mol. The van der Waals surface area contributed by atoms with Gasteiger partial charge in [0.1, 0.15) is 0 Å². The van der Waals surface area contributed by atoms with Gasteiger partial charge in [0.05, 0.1) is 6.61 Å². The van der Waals surface area contributed by atoms with Crippen molar-refractivity contribution in [3.63, 3.8) is 0 Å². The zero-order chi connectivity index (χ0) is 14.3. The molecule has 2 unspecified atom stereocenters. The molecule has 2 N–H and O–H groups in total. The normalized spacial score (nSPS) is 26.6. The first kappa shape index (κ1) is 15.9. The van der Waals surface area contributed by atoms with E-state index in [-0.39, 0.29) is 12.1 Å². The minimum Gasteiger partial charge on any atom is -0.394 e. The van der Waals surface area contributed by atoms with E-state index >= 15 is 0 Å². The molecule has 0 bridgehead atoms. The number of nitrogens with one attached hydrogen (secondary N) is 1. The summed E-state index contributed by atoms with van der Waals surface area (Å²) in [6.45, 7) is 3.47. The van der Waals surface area contributed by atoms with Gasteiger partial charge in [-0.05, 0) is 37.8 Å². The molecule has 20 heavy (non-hydrogen) atoms. The van der Waals surface area contributed by atoms with Gasteiger partial charge in [0.2, 0.25) is 0 Å². The van der Waals surface area contributed by atoms with Gasteiger partial charge in [-0.25, -0.2) is 0 Å². The van der Waals surface area contributed by atoms with Gasteiger partial charge in [0.15, 0.2) is 0 Å². The Kier molecular flexibility index (Phi) is 6.40. The fourth-order valence-electron chi connectivity index (χ4n) is 2.99. The Morgan fingerprint density at radius 2 is 2.15 bits per heavy atom. The lowest BCUT2D eigenvalue weighted by atomic mass is 9.82. The lowest BCUT2D eigenvalue weighted by molar-refractivity contribution is 0.124. The smallest absolute Gasteiger partial charge is 0.0613 e. The van der Waals surface area contributed by atoms with Gasteiger partial charge in [-0.1, -0.05) is 43.7 Å². The van der Waals surface area contributed by atoms with Crippen molar-refractivity contribution >= 4 is 11.8 Å². The van der Waals surface area contributed by atoms with Gasteiger partial charge in [0, 0.05) is 16.5 Å². The molecule has 2 rings (SSSR count). The van der Waals surface area contributed by atoms with Crippen LogP contribution in [0.1, 0.15) is 44.6 Å². The minimum atomic E-state index is -0.0252. The highest BCUT2D eigenvalue weighted by atomic mass is 32.2. The summed E-state index contributed by atoms with van der Waals surface area (Å²) in [5.74, 6) is 1.08. The van der Waals surface area contributed by atoms with Crippen LogP contribution >= 0.6 is 11.8 Å². The van der Waals surface area contributed by atoms with Crippen molar-refractivity contribution in [1.29, 1.82) is 0 Å². The lowest BCUT2D eigenvalue weighted by Crippen LogP contribution is -2.52. The maximum Gasteiger partial charge on any atom is 0.0613 e. The Morgan fingerprint density at radius 3 is 2.85 bits per heavy atom. The summed E-state index contributed by atoms with van der Waals surface area (Å²) in [5, 5.41) is 14.1. The summed E-state index contributed by atoms with van der Waals surface area (Å²) < 4.78 is 0. The fourth-order valence-corrected chi connectivity index (χ4v) is 4.38. The third-order valence-electron chi connectivity index (χ3n) is 4.18. The van der Waals surface area contributed by atoms with Crippen molar-refractivity contribution in [2.24, 2.45) is 0 Å². The Hall–Kier alpha value is -0.510. The van der Waals surface area contributed by atoms with E-state index in [1.807, 2.05) is 0 Å². The average Bonchev–Trinajstić information content (AvgIpc) is 2.52. The summed E-state index contributed by atoms with van der Waals surface area (Å²) in [6.07, 6.45) is 5.85. The lowest BCUT2D eigenvalue weighted by Gasteiger charge is -2.40. The molecular formula is C17H27NOS. The van der Waals surface area contributed by atoms with Crippen molar-refractivity contribution < 1.29 is 5.11 Å². The zero-order valence-corrected chi connectivity index (χ0v) is 13.3. The maximum atomic E-state index is 9.80. The van der Waals surface area contributed by atoms with E-state index in [1.165, 1.54) is 18.4 Å². The summed E-state index contributed by atoms with van der Waals surface area (Å²) in [4.78, 5) is 0. The van der Waals surface area contributed by atoms with Crippen molar-refractivity contribution in [3.05, 3.63) is 35.9 Å². The summed E-state index contributed by atoms with van der Waals surface area (Å²) >= 11 is 2.05. The molecule has 1 saturated carbocycles. The molecule has 1 fully saturated rings. The number of aliphatic hydroxyl groups excluding tert-OH is 1. The number of hydrogen-bond donors (Lipinski definition) is 2. The van der Waals surface area contributed by atoms with Crippen molar-refractivity contribution in [2.75, 3.05) is 13.2 Å². The molecule has 0 saturated heterocycles. The summed E-state index contributed by atoms with van der Waals surface area (Å²) in [5.41, 5.74) is 1.38. The second-order valence-electron chi connectivity index (χ2n) is 5.88. The quantitative estimate of drug-likeness (QED) is 0.806. The predicted octanol–water partition coefficient (Wildman–Crippen LogP) is 3.59. The fraction of sp³-hybridized carbons (Fsp3) is 0.647. The largest absolute Gasteiger partial charge is 0.394 e. The molecule has 2 nitrogen and oxygen atoms in total. The zero-order valence-electron chi connectivity index (χ0n) is 12.5. The first-order valence-corrected chi connectivity index (χ1v) is 8.84. The van der Waals surface area contributed by atoms with Crippen LogP contribution in [-0.2, 0) is 5.75 Å². The number of hydrogen-bond acceptors (Lipinski definition) is 3. The molecular weight excluding hydrogens is 266 g/mol. The van der Waals surface area contributed by atoms with Crippen LogP contribution in [0.5, 0.6) is 0 Å². The Bertz CT molecular complexity index is 384. The highest BCUT2D eigenvalue weighted by Gasteiger charge is 2.35. The molecule has 1 aromatic carbocycles. The maximum absolute atomic E-state index is 9.80. The number of benzene rings is 1. The van der Waals surface area contributed by atoms with Gasteiger partial charge in [0.25, 0.3) is 0 Å². The van der Waals surface area contributed by atoms with E-state index in [4.69, 9.17) is 0 Å². The molecule has 0 amide bonds. The SMILES string of the molecule is CCCNC1(CO)CCCC(SCc2ccccc2)C1. The van der Waals surface area contributed by atoms with Gasteiger partial charge in [-0.15, -0.1) is 0 Å². The van der Waals surface area contributed by atoms with E-state index < -0.39 is 0 Å². The molecule has 0 aliphatic heterocycles. The molecule has 1 aliphatic carbocycles. The van der Waals surface area contributed by atoms with Crippen molar-refractivity contribution in [2.45, 2.75) is 55.6 Å². The van der Waals surface area contributed by atoms with Crippen LogP contribution in [0.15, 0.2) is 30.3 Å². The van der Waals surface area contributed by atoms with E-state index in [9.17, 15) is 5.11 Å². The molecule has 1 aromatic rings. The average molecular weight is 293 g/mol. The number of aliphatic hydroxyl groups is 1. The second kappa shape index (κ2) is 8.06.